The fourth-order valence-electron chi connectivity index (χ4n) is 3.90. The SMILES string of the molecule is CN=C(NCc1cccc(NC(=O)N2CCCC2)c1)NCc1ccc(C)cc1OCC1CC1. The Hall–Kier alpha value is -3.22. The molecule has 0 aromatic heterocycles. The van der Waals surface area contributed by atoms with Gasteiger partial charge in [-0.25, -0.2) is 4.79 Å². The highest BCUT2D eigenvalue weighted by Gasteiger charge is 2.22. The summed E-state index contributed by atoms with van der Waals surface area (Å²) in [5, 5.41) is 9.75. The first-order valence-electron chi connectivity index (χ1n) is 11.9. The maximum absolute atomic E-state index is 12.4. The molecule has 1 heterocycles. The summed E-state index contributed by atoms with van der Waals surface area (Å²) in [6.45, 7) is 5.79. The number of nitrogens with zero attached hydrogens (tertiary/aromatic N) is 2. The maximum Gasteiger partial charge on any atom is 0.321 e. The third-order valence-corrected chi connectivity index (χ3v) is 6.10. The number of benzene rings is 2. The number of hydrogen-bond donors (Lipinski definition) is 3. The van der Waals surface area contributed by atoms with Gasteiger partial charge < -0.3 is 25.6 Å². The van der Waals surface area contributed by atoms with Crippen LogP contribution in [0.25, 0.3) is 0 Å². The fourth-order valence-corrected chi connectivity index (χ4v) is 3.90. The summed E-state index contributed by atoms with van der Waals surface area (Å²) in [6.07, 6.45) is 4.72. The van der Waals surface area contributed by atoms with Crippen molar-refractivity contribution in [1.82, 2.24) is 15.5 Å². The molecule has 2 aromatic rings. The smallest absolute Gasteiger partial charge is 0.321 e. The van der Waals surface area contributed by atoms with Crippen LogP contribution in [0.5, 0.6) is 5.75 Å². The molecule has 0 unspecified atom stereocenters. The van der Waals surface area contributed by atoms with E-state index in [0.29, 0.717) is 13.1 Å². The summed E-state index contributed by atoms with van der Waals surface area (Å²) in [4.78, 5) is 18.6. The molecule has 2 aliphatic rings. The van der Waals surface area contributed by atoms with Crippen LogP contribution in [-0.4, -0.2) is 43.6 Å². The molecule has 2 fully saturated rings. The standard InChI is InChI=1S/C26H35N5O2/c1-19-8-11-22(24(14-19)33-18-20-9-10-20)17-29-25(27-2)28-16-21-6-5-7-23(15-21)30-26(32)31-12-3-4-13-31/h5-8,11,14-15,20H,3-4,9-10,12-13,16-18H2,1-2H3,(H,30,32)(H2,27,28,29). The predicted molar refractivity (Wildman–Crippen MR) is 133 cm³/mol. The van der Waals surface area contributed by atoms with Gasteiger partial charge in [0.1, 0.15) is 5.75 Å². The van der Waals surface area contributed by atoms with E-state index in [1.807, 2.05) is 29.2 Å². The number of guanidine groups is 1. The van der Waals surface area contributed by atoms with Gasteiger partial charge >= 0.3 is 6.03 Å². The molecule has 0 atom stereocenters. The van der Waals surface area contributed by atoms with Gasteiger partial charge in [-0.3, -0.25) is 4.99 Å². The highest BCUT2D eigenvalue weighted by Crippen LogP contribution is 2.30. The lowest BCUT2D eigenvalue weighted by atomic mass is 10.1. The van der Waals surface area contributed by atoms with Gasteiger partial charge in [0.2, 0.25) is 0 Å². The van der Waals surface area contributed by atoms with Gasteiger partial charge in [0, 0.05) is 44.5 Å². The number of aliphatic imine (C=N–C) groups is 1. The van der Waals surface area contributed by atoms with Gasteiger partial charge in [0.05, 0.1) is 6.61 Å². The Morgan fingerprint density at radius 1 is 1.09 bits per heavy atom. The number of hydrogen-bond acceptors (Lipinski definition) is 3. The lowest BCUT2D eigenvalue weighted by Crippen LogP contribution is -2.36. The lowest BCUT2D eigenvalue weighted by molar-refractivity contribution is 0.222. The number of anilines is 1. The van der Waals surface area contributed by atoms with Crippen LogP contribution in [0.15, 0.2) is 47.5 Å². The zero-order valence-electron chi connectivity index (χ0n) is 19.7. The van der Waals surface area contributed by atoms with Crippen molar-refractivity contribution in [3.63, 3.8) is 0 Å². The van der Waals surface area contributed by atoms with Crippen LogP contribution in [0, 0.1) is 12.8 Å². The van der Waals surface area contributed by atoms with E-state index in [1.165, 1.54) is 18.4 Å². The molecular formula is C26H35N5O2. The fraction of sp³-hybridized carbons (Fsp3) is 0.462. The van der Waals surface area contributed by atoms with E-state index in [0.717, 1.165) is 67.0 Å². The molecule has 3 N–H and O–H groups in total. The van der Waals surface area contributed by atoms with E-state index in [-0.39, 0.29) is 6.03 Å². The van der Waals surface area contributed by atoms with Crippen molar-refractivity contribution >= 4 is 17.7 Å². The van der Waals surface area contributed by atoms with Gasteiger partial charge in [0.25, 0.3) is 0 Å². The van der Waals surface area contributed by atoms with Crippen molar-refractivity contribution in [3.05, 3.63) is 59.2 Å². The van der Waals surface area contributed by atoms with E-state index in [4.69, 9.17) is 4.74 Å². The van der Waals surface area contributed by atoms with E-state index < -0.39 is 0 Å². The Bertz CT molecular complexity index is 980. The summed E-state index contributed by atoms with van der Waals surface area (Å²) in [5.41, 5.74) is 4.20. The molecule has 1 saturated heterocycles. The van der Waals surface area contributed by atoms with Crippen LogP contribution in [0.2, 0.25) is 0 Å². The zero-order chi connectivity index (χ0) is 23.0. The van der Waals surface area contributed by atoms with Crippen LogP contribution in [0.4, 0.5) is 10.5 Å². The number of likely N-dealkylation sites (tertiary alicyclic amines) is 1. The van der Waals surface area contributed by atoms with E-state index in [1.54, 1.807) is 7.05 Å². The molecule has 1 saturated carbocycles. The minimum Gasteiger partial charge on any atom is -0.493 e. The first kappa shape index (κ1) is 23.0. The van der Waals surface area contributed by atoms with Crippen molar-refractivity contribution < 1.29 is 9.53 Å². The highest BCUT2D eigenvalue weighted by atomic mass is 16.5. The number of aryl methyl sites for hydroxylation is 1. The molecule has 176 valence electrons. The third kappa shape index (κ3) is 6.88. The quantitative estimate of drug-likeness (QED) is 0.415. The summed E-state index contributed by atoms with van der Waals surface area (Å²) in [6, 6.07) is 14.2. The van der Waals surface area contributed by atoms with Crippen LogP contribution in [-0.2, 0) is 13.1 Å². The molecule has 7 nitrogen and oxygen atoms in total. The summed E-state index contributed by atoms with van der Waals surface area (Å²) >= 11 is 0. The van der Waals surface area contributed by atoms with Crippen LogP contribution < -0.4 is 20.7 Å². The molecule has 0 bridgehead atoms. The molecule has 33 heavy (non-hydrogen) atoms. The molecular weight excluding hydrogens is 414 g/mol. The van der Waals surface area contributed by atoms with E-state index in [2.05, 4.69) is 46.1 Å². The van der Waals surface area contributed by atoms with E-state index in [9.17, 15) is 4.79 Å². The maximum atomic E-state index is 12.4. The number of urea groups is 1. The van der Waals surface area contributed by atoms with Crippen LogP contribution in [0.1, 0.15) is 42.4 Å². The zero-order valence-corrected chi connectivity index (χ0v) is 19.7. The van der Waals surface area contributed by atoms with Gasteiger partial charge in [0.15, 0.2) is 5.96 Å². The molecule has 0 radical (unpaired) electrons. The number of carbonyl (C=O) groups is 1. The number of rotatable bonds is 8. The first-order valence-corrected chi connectivity index (χ1v) is 11.9. The summed E-state index contributed by atoms with van der Waals surface area (Å²) in [7, 11) is 1.77. The average Bonchev–Trinajstić information content (AvgIpc) is 3.48. The Balaban J connectivity index is 1.29. The second kappa shape index (κ2) is 11.1. The van der Waals surface area contributed by atoms with Crippen molar-refractivity contribution in [1.29, 1.82) is 0 Å². The first-order chi connectivity index (χ1) is 16.1. The minimum atomic E-state index is -0.0205. The summed E-state index contributed by atoms with van der Waals surface area (Å²) in [5.74, 6) is 2.39. The monoisotopic (exact) mass is 449 g/mol. The molecule has 1 aliphatic carbocycles. The topological polar surface area (TPSA) is 78.0 Å². The molecule has 1 aliphatic heterocycles. The highest BCUT2D eigenvalue weighted by molar-refractivity contribution is 5.89. The minimum absolute atomic E-state index is 0.0205. The Kier molecular flexibility index (Phi) is 7.70. The Labute approximate surface area is 196 Å². The van der Waals surface area contributed by atoms with Crippen molar-refractivity contribution in [3.8, 4) is 5.75 Å². The Morgan fingerprint density at radius 2 is 1.88 bits per heavy atom. The molecule has 4 rings (SSSR count). The largest absolute Gasteiger partial charge is 0.493 e. The van der Waals surface area contributed by atoms with Gasteiger partial charge in [-0.15, -0.1) is 0 Å². The van der Waals surface area contributed by atoms with Crippen molar-refractivity contribution in [2.75, 3.05) is 32.1 Å². The number of carbonyl (C=O) groups excluding carboxylic acids is 1. The molecule has 2 amide bonds. The Morgan fingerprint density at radius 3 is 2.64 bits per heavy atom. The molecule has 0 spiro atoms. The number of nitrogens with one attached hydrogen (secondary N) is 3. The summed E-state index contributed by atoms with van der Waals surface area (Å²) < 4.78 is 6.08. The number of ether oxygens (including phenoxy) is 1. The number of amides is 2. The van der Waals surface area contributed by atoms with Crippen molar-refractivity contribution in [2.45, 2.75) is 45.7 Å². The van der Waals surface area contributed by atoms with Gasteiger partial charge in [-0.1, -0.05) is 24.3 Å². The van der Waals surface area contributed by atoms with E-state index >= 15 is 0 Å². The average molecular weight is 450 g/mol. The molecule has 2 aromatic carbocycles. The normalized spacial score (nSPS) is 15.9. The van der Waals surface area contributed by atoms with Gasteiger partial charge in [-0.05, 0) is 67.9 Å². The van der Waals surface area contributed by atoms with Gasteiger partial charge in [-0.2, -0.15) is 0 Å². The predicted octanol–water partition coefficient (Wildman–Crippen LogP) is 4.28. The second-order valence-electron chi connectivity index (χ2n) is 8.97. The second-order valence-corrected chi connectivity index (χ2v) is 8.97. The van der Waals surface area contributed by atoms with Crippen LogP contribution in [0.3, 0.4) is 0 Å². The third-order valence-electron chi connectivity index (χ3n) is 6.10. The van der Waals surface area contributed by atoms with Crippen molar-refractivity contribution in [2.24, 2.45) is 10.9 Å². The molecule has 7 heteroatoms. The lowest BCUT2D eigenvalue weighted by Gasteiger charge is -2.17. The van der Waals surface area contributed by atoms with Crippen LogP contribution >= 0.6 is 0 Å².